The van der Waals surface area contributed by atoms with Crippen molar-refractivity contribution in [1.29, 1.82) is 0 Å². The van der Waals surface area contributed by atoms with Gasteiger partial charge in [-0.1, -0.05) is 43.3 Å². The number of benzene rings is 1. The minimum atomic E-state index is -0.140. The molecule has 0 fully saturated rings. The van der Waals surface area contributed by atoms with Crippen molar-refractivity contribution in [2.45, 2.75) is 30.8 Å². The molecule has 2 amide bonds. The van der Waals surface area contributed by atoms with Crippen molar-refractivity contribution in [3.8, 4) is 5.69 Å². The van der Waals surface area contributed by atoms with Crippen molar-refractivity contribution in [3.05, 3.63) is 65.0 Å². The van der Waals surface area contributed by atoms with Gasteiger partial charge in [0, 0.05) is 11.1 Å². The van der Waals surface area contributed by atoms with Gasteiger partial charge in [-0.25, -0.2) is 0 Å². The van der Waals surface area contributed by atoms with E-state index in [1.165, 1.54) is 11.8 Å². The summed E-state index contributed by atoms with van der Waals surface area (Å²) in [6.07, 6.45) is 3.84. The zero-order chi connectivity index (χ0) is 20.2. The quantitative estimate of drug-likeness (QED) is 0.626. The molecule has 3 aromatic rings. The molecule has 1 N–H and O–H groups in total. The van der Waals surface area contributed by atoms with Crippen LogP contribution in [0.15, 0.2) is 65.1 Å². The number of hydrogen-bond donors (Lipinski definition) is 1. The largest absolute Gasteiger partial charge is 0.347 e. The Kier molecular flexibility index (Phi) is 6.06. The van der Waals surface area contributed by atoms with Crippen molar-refractivity contribution in [1.82, 2.24) is 9.88 Å². The summed E-state index contributed by atoms with van der Waals surface area (Å²) in [6, 6.07) is 15.8. The summed E-state index contributed by atoms with van der Waals surface area (Å²) in [5, 5.41) is 6.18. The lowest BCUT2D eigenvalue weighted by Crippen LogP contribution is -2.43. The summed E-state index contributed by atoms with van der Waals surface area (Å²) in [4.78, 5) is 28.6. The number of anilines is 1. The van der Waals surface area contributed by atoms with Crippen LogP contribution in [0, 0.1) is 0 Å². The third-order valence-corrected chi connectivity index (χ3v) is 6.89. The molecule has 5 nitrogen and oxygen atoms in total. The number of para-hydroxylation sites is 2. The van der Waals surface area contributed by atoms with E-state index in [4.69, 9.17) is 0 Å². The molecule has 1 aliphatic heterocycles. The Morgan fingerprint density at radius 1 is 1.14 bits per heavy atom. The first-order valence-electron chi connectivity index (χ1n) is 9.70. The molecule has 1 aromatic carbocycles. The number of aromatic nitrogens is 1. The molecule has 0 unspecified atom stereocenters. The zero-order valence-corrected chi connectivity index (χ0v) is 17.8. The Morgan fingerprint density at radius 2 is 1.97 bits per heavy atom. The Hall–Kier alpha value is -2.51. The van der Waals surface area contributed by atoms with Crippen molar-refractivity contribution < 1.29 is 9.59 Å². The first-order valence-corrected chi connectivity index (χ1v) is 11.6. The van der Waals surface area contributed by atoms with E-state index in [1.54, 1.807) is 16.2 Å². The predicted octanol–water partition coefficient (Wildman–Crippen LogP) is 4.64. The minimum absolute atomic E-state index is 0.0125. The van der Waals surface area contributed by atoms with E-state index in [1.807, 2.05) is 60.1 Å². The van der Waals surface area contributed by atoms with Crippen LogP contribution < -0.4 is 10.2 Å². The maximum atomic E-state index is 13.0. The number of carbonyl (C=O) groups excluding carboxylic acids is 2. The van der Waals surface area contributed by atoms with Crippen LogP contribution in [0.3, 0.4) is 0 Å². The number of carbonyl (C=O) groups is 2. The van der Waals surface area contributed by atoms with Crippen molar-refractivity contribution >= 4 is 40.6 Å². The van der Waals surface area contributed by atoms with Crippen LogP contribution in [0.4, 0.5) is 5.69 Å². The smallest absolute Gasteiger partial charge is 0.240 e. The third-order valence-electron chi connectivity index (χ3n) is 4.89. The van der Waals surface area contributed by atoms with E-state index in [2.05, 4.69) is 16.8 Å². The highest BCUT2D eigenvalue weighted by molar-refractivity contribution is 7.99. The summed E-state index contributed by atoms with van der Waals surface area (Å²) in [5.74, 6) is 0.0982. The fourth-order valence-electron chi connectivity index (χ4n) is 3.55. The molecule has 0 aliphatic carbocycles. The topological polar surface area (TPSA) is 54.3 Å². The first-order chi connectivity index (χ1) is 14.2. The fraction of sp³-hybridized carbons (Fsp3) is 0.273. The van der Waals surface area contributed by atoms with Gasteiger partial charge < -0.3 is 14.8 Å². The molecule has 0 spiro atoms. The van der Waals surface area contributed by atoms with Crippen molar-refractivity contribution in [2.75, 3.05) is 17.2 Å². The lowest BCUT2D eigenvalue weighted by molar-refractivity contribution is -0.123. The van der Waals surface area contributed by atoms with E-state index < -0.39 is 0 Å². The molecule has 4 rings (SSSR count). The number of hydrogen-bond acceptors (Lipinski definition) is 4. The monoisotopic (exact) mass is 425 g/mol. The Balaban J connectivity index is 1.59. The average molecular weight is 426 g/mol. The van der Waals surface area contributed by atoms with E-state index in [0.29, 0.717) is 5.75 Å². The SMILES string of the molecule is CCC[C@H](NC(=O)CN1C(=O)CSc2cccn2-c2ccccc21)c1cccs1. The van der Waals surface area contributed by atoms with Gasteiger partial charge in [0.25, 0.3) is 0 Å². The van der Waals surface area contributed by atoms with Crippen molar-refractivity contribution in [3.63, 3.8) is 0 Å². The van der Waals surface area contributed by atoms with Crippen LogP contribution >= 0.6 is 23.1 Å². The molecule has 0 saturated carbocycles. The minimum Gasteiger partial charge on any atom is -0.347 e. The number of nitrogens with zero attached hydrogens (tertiary/aromatic N) is 2. The van der Waals surface area contributed by atoms with Crippen LogP contribution in [-0.4, -0.2) is 28.7 Å². The maximum Gasteiger partial charge on any atom is 0.240 e. The number of thioether (sulfide) groups is 1. The summed E-state index contributed by atoms with van der Waals surface area (Å²) >= 11 is 3.14. The van der Waals surface area contributed by atoms with Crippen LogP contribution in [0.25, 0.3) is 5.69 Å². The van der Waals surface area contributed by atoms with Gasteiger partial charge in [0.1, 0.15) is 6.54 Å². The molecule has 3 heterocycles. The number of fused-ring (bicyclic) bond motifs is 3. The van der Waals surface area contributed by atoms with Gasteiger partial charge in [-0.2, -0.15) is 0 Å². The lowest BCUT2D eigenvalue weighted by atomic mass is 10.1. The highest BCUT2D eigenvalue weighted by Crippen LogP contribution is 2.33. The normalized spacial score (nSPS) is 14.5. The van der Waals surface area contributed by atoms with Gasteiger partial charge >= 0.3 is 0 Å². The molecule has 29 heavy (non-hydrogen) atoms. The van der Waals surface area contributed by atoms with Crippen LogP contribution in [0.5, 0.6) is 0 Å². The molecule has 7 heteroatoms. The Labute approximate surface area is 178 Å². The maximum absolute atomic E-state index is 13.0. The standard InChI is InChI=1S/C22H23N3O2S2/c1-2-7-16(19-10-6-13-28-19)23-20(26)14-25-18-9-4-3-8-17(18)24-12-5-11-22(24)29-15-21(25)27/h3-6,8-13,16H,2,7,14-15H2,1H3,(H,23,26)/t16-/m0/s1. The summed E-state index contributed by atoms with van der Waals surface area (Å²) in [6.45, 7) is 2.12. The number of rotatable bonds is 6. The first kappa shape index (κ1) is 19.8. The molecule has 150 valence electrons. The summed E-state index contributed by atoms with van der Waals surface area (Å²) in [5.41, 5.74) is 1.66. The zero-order valence-electron chi connectivity index (χ0n) is 16.2. The second-order valence-corrected chi connectivity index (χ2v) is 8.87. The van der Waals surface area contributed by atoms with Crippen LogP contribution in [-0.2, 0) is 9.59 Å². The number of thiophene rings is 1. The molecule has 2 aromatic heterocycles. The fourth-order valence-corrected chi connectivity index (χ4v) is 5.26. The van der Waals surface area contributed by atoms with E-state index in [-0.39, 0.29) is 24.4 Å². The Morgan fingerprint density at radius 3 is 2.72 bits per heavy atom. The number of nitrogens with one attached hydrogen (secondary N) is 1. The van der Waals surface area contributed by atoms with Crippen molar-refractivity contribution in [2.24, 2.45) is 0 Å². The van der Waals surface area contributed by atoms with E-state index >= 15 is 0 Å². The summed E-state index contributed by atoms with van der Waals surface area (Å²) in [7, 11) is 0. The van der Waals surface area contributed by atoms with Gasteiger partial charge in [0.05, 0.1) is 28.2 Å². The lowest BCUT2D eigenvalue weighted by Gasteiger charge is -2.28. The molecule has 0 saturated heterocycles. The highest BCUT2D eigenvalue weighted by Gasteiger charge is 2.26. The molecule has 1 atom stereocenters. The molecular weight excluding hydrogens is 402 g/mol. The van der Waals surface area contributed by atoms with Gasteiger partial charge in [-0.05, 0) is 42.1 Å². The van der Waals surface area contributed by atoms with Gasteiger partial charge in [0.2, 0.25) is 11.8 Å². The van der Waals surface area contributed by atoms with E-state index in [9.17, 15) is 9.59 Å². The third kappa shape index (κ3) is 4.26. The Bertz CT molecular complexity index is 997. The molecular formula is C22H23N3O2S2. The van der Waals surface area contributed by atoms with Gasteiger partial charge in [-0.15, -0.1) is 11.3 Å². The average Bonchev–Trinajstić information content (AvgIpc) is 3.41. The second-order valence-electron chi connectivity index (χ2n) is 6.90. The molecule has 0 radical (unpaired) electrons. The highest BCUT2D eigenvalue weighted by atomic mass is 32.2. The van der Waals surface area contributed by atoms with Gasteiger partial charge in [-0.3, -0.25) is 9.59 Å². The molecule has 0 bridgehead atoms. The predicted molar refractivity (Wildman–Crippen MR) is 119 cm³/mol. The van der Waals surface area contributed by atoms with E-state index in [0.717, 1.165) is 34.1 Å². The van der Waals surface area contributed by atoms with Gasteiger partial charge in [0.15, 0.2) is 0 Å². The van der Waals surface area contributed by atoms with Crippen LogP contribution in [0.1, 0.15) is 30.7 Å². The number of amides is 2. The summed E-state index contributed by atoms with van der Waals surface area (Å²) < 4.78 is 2.07. The second kappa shape index (κ2) is 8.88. The molecule has 1 aliphatic rings. The van der Waals surface area contributed by atoms with Crippen LogP contribution in [0.2, 0.25) is 0 Å².